The Hall–Kier alpha value is -1.62. The van der Waals surface area contributed by atoms with Crippen LogP contribution in [0.4, 0.5) is 0 Å². The van der Waals surface area contributed by atoms with E-state index in [9.17, 15) is 9.90 Å². The van der Waals surface area contributed by atoms with Crippen LogP contribution in [0.5, 0.6) is 0 Å². The summed E-state index contributed by atoms with van der Waals surface area (Å²) in [5, 5.41) is 23.7. The molecular formula is C22H31NO4. The van der Waals surface area contributed by atoms with Crippen LogP contribution in [0.3, 0.4) is 0 Å². The second-order valence-corrected chi connectivity index (χ2v) is 9.65. The number of rotatable bonds is 3. The molecule has 3 fully saturated rings. The van der Waals surface area contributed by atoms with Crippen LogP contribution < -0.4 is 0 Å². The maximum Gasteiger partial charge on any atom is 0.344 e. The summed E-state index contributed by atoms with van der Waals surface area (Å²) in [5.74, 6) is 0.843. The molecule has 0 aliphatic heterocycles. The smallest absolute Gasteiger partial charge is 0.344 e. The van der Waals surface area contributed by atoms with E-state index in [4.69, 9.17) is 9.94 Å². The van der Waals surface area contributed by atoms with Crippen molar-refractivity contribution in [2.24, 2.45) is 33.7 Å². The summed E-state index contributed by atoms with van der Waals surface area (Å²) >= 11 is 0. The first-order valence-corrected chi connectivity index (χ1v) is 10.2. The van der Waals surface area contributed by atoms with Crippen molar-refractivity contribution in [2.45, 2.75) is 64.9 Å². The van der Waals surface area contributed by atoms with Gasteiger partial charge in [-0.15, -0.1) is 0 Å². The van der Waals surface area contributed by atoms with Crippen molar-refractivity contribution < 1.29 is 19.8 Å². The van der Waals surface area contributed by atoms with E-state index in [-0.39, 0.29) is 10.8 Å². The second kappa shape index (κ2) is 6.20. The zero-order valence-electron chi connectivity index (χ0n) is 16.6. The number of allylic oxidation sites excluding steroid dienone is 4. The molecule has 4 aliphatic rings. The lowest BCUT2D eigenvalue weighted by Gasteiger charge is -2.58. The molecule has 4 rings (SSSR count). The van der Waals surface area contributed by atoms with E-state index in [1.54, 1.807) is 0 Å². The van der Waals surface area contributed by atoms with Gasteiger partial charge in [0.05, 0.1) is 5.60 Å². The van der Waals surface area contributed by atoms with Crippen LogP contribution in [0.25, 0.3) is 0 Å². The Morgan fingerprint density at radius 3 is 2.70 bits per heavy atom. The van der Waals surface area contributed by atoms with Gasteiger partial charge in [-0.3, -0.25) is 0 Å². The predicted molar refractivity (Wildman–Crippen MR) is 103 cm³/mol. The van der Waals surface area contributed by atoms with Gasteiger partial charge in [-0.2, -0.15) is 0 Å². The van der Waals surface area contributed by atoms with E-state index in [1.807, 2.05) is 13.0 Å². The lowest BCUT2D eigenvalue weighted by Crippen LogP contribution is -2.53. The summed E-state index contributed by atoms with van der Waals surface area (Å²) in [6, 6.07) is 0. The number of carboxylic acid groups (broad SMARTS) is 1. The van der Waals surface area contributed by atoms with Crippen molar-refractivity contribution in [3.05, 3.63) is 23.8 Å². The van der Waals surface area contributed by atoms with Crippen molar-refractivity contribution in [2.75, 3.05) is 6.61 Å². The molecule has 0 heterocycles. The molecule has 0 saturated heterocycles. The average Bonchev–Trinajstić information content (AvgIpc) is 2.84. The largest absolute Gasteiger partial charge is 0.479 e. The summed E-state index contributed by atoms with van der Waals surface area (Å²) in [6.07, 6.45) is 12.8. The second-order valence-electron chi connectivity index (χ2n) is 9.65. The van der Waals surface area contributed by atoms with Gasteiger partial charge >= 0.3 is 5.97 Å². The Morgan fingerprint density at radius 2 is 1.96 bits per heavy atom. The molecular weight excluding hydrogens is 342 g/mol. The van der Waals surface area contributed by atoms with Crippen LogP contribution in [-0.2, 0) is 9.63 Å². The molecule has 0 aromatic rings. The maximum absolute atomic E-state index is 11.0. The topological polar surface area (TPSA) is 79.1 Å². The van der Waals surface area contributed by atoms with Gasteiger partial charge in [0.1, 0.15) is 5.71 Å². The number of carbonyl (C=O) groups is 1. The van der Waals surface area contributed by atoms with E-state index in [0.29, 0.717) is 23.5 Å². The summed E-state index contributed by atoms with van der Waals surface area (Å²) in [6.45, 7) is 6.29. The molecule has 0 aromatic heterocycles. The molecule has 2 N–H and O–H groups in total. The van der Waals surface area contributed by atoms with E-state index in [1.165, 1.54) is 12.0 Å². The number of hydrogen-bond acceptors (Lipinski definition) is 4. The summed E-state index contributed by atoms with van der Waals surface area (Å²) in [5.41, 5.74) is 1.62. The fourth-order valence-corrected chi connectivity index (χ4v) is 6.67. The Morgan fingerprint density at radius 1 is 1.22 bits per heavy atom. The van der Waals surface area contributed by atoms with E-state index < -0.39 is 18.2 Å². The Kier molecular flexibility index (Phi) is 4.30. The van der Waals surface area contributed by atoms with Crippen molar-refractivity contribution in [1.82, 2.24) is 0 Å². The first-order valence-electron chi connectivity index (χ1n) is 10.2. The van der Waals surface area contributed by atoms with E-state index in [2.05, 4.69) is 31.2 Å². The summed E-state index contributed by atoms with van der Waals surface area (Å²) in [7, 11) is 0. The molecule has 0 spiro atoms. The molecule has 3 saturated carbocycles. The summed E-state index contributed by atoms with van der Waals surface area (Å²) < 4.78 is 0. The average molecular weight is 373 g/mol. The van der Waals surface area contributed by atoms with Gasteiger partial charge in [0.15, 0.2) is 0 Å². The third kappa shape index (κ3) is 2.77. The van der Waals surface area contributed by atoms with Gasteiger partial charge < -0.3 is 15.1 Å². The maximum atomic E-state index is 11.0. The highest BCUT2D eigenvalue weighted by molar-refractivity contribution is 6.05. The number of aliphatic hydroxyl groups is 1. The molecule has 6 atom stereocenters. The van der Waals surface area contributed by atoms with Crippen LogP contribution in [0.1, 0.15) is 59.3 Å². The molecule has 148 valence electrons. The minimum absolute atomic E-state index is 0.0323. The Balaban J connectivity index is 1.57. The van der Waals surface area contributed by atoms with Crippen molar-refractivity contribution in [1.29, 1.82) is 0 Å². The highest BCUT2D eigenvalue weighted by atomic mass is 16.6. The van der Waals surface area contributed by atoms with E-state index in [0.717, 1.165) is 32.1 Å². The van der Waals surface area contributed by atoms with Gasteiger partial charge in [-0.1, -0.05) is 30.7 Å². The standard InChI is InChI=1S/C22H31NO4/c1-20-9-6-15(23-27-13-19(24)25)12-14(20)4-5-16-17(20)7-10-21(2)18(16)8-11-22(21,3)26/h6,9,12,16-18,26H,4-5,7-8,10-11,13H2,1-3H3,(H,24,25)/b23-15+/t16-,17+,18-,20-,21-,22-/m0/s1. The van der Waals surface area contributed by atoms with Crippen LogP contribution in [0.15, 0.2) is 29.0 Å². The first kappa shape index (κ1) is 18.7. The van der Waals surface area contributed by atoms with Crippen molar-refractivity contribution in [3.63, 3.8) is 0 Å². The first-order chi connectivity index (χ1) is 12.7. The number of hydrogen-bond donors (Lipinski definition) is 2. The Labute approximate surface area is 161 Å². The fourth-order valence-electron chi connectivity index (χ4n) is 6.67. The molecule has 5 heteroatoms. The monoisotopic (exact) mass is 373 g/mol. The molecule has 0 unspecified atom stereocenters. The number of aliphatic carboxylic acids is 1. The molecule has 0 amide bonds. The minimum atomic E-state index is -1.02. The highest BCUT2D eigenvalue weighted by Crippen LogP contribution is 2.66. The molecule has 5 nitrogen and oxygen atoms in total. The van der Waals surface area contributed by atoms with Gasteiger partial charge in [-0.25, -0.2) is 4.79 Å². The number of oxime groups is 1. The fraction of sp³-hybridized carbons (Fsp3) is 0.727. The number of nitrogens with zero attached hydrogens (tertiary/aromatic N) is 1. The molecule has 0 aromatic carbocycles. The zero-order chi connectivity index (χ0) is 19.4. The van der Waals surface area contributed by atoms with Crippen molar-refractivity contribution >= 4 is 11.7 Å². The number of fused-ring (bicyclic) bond motifs is 5. The Bertz CT molecular complexity index is 737. The third-order valence-corrected chi connectivity index (χ3v) is 8.49. The normalized spacial score (nSPS) is 47.0. The predicted octanol–water partition coefficient (Wildman–Crippen LogP) is 3.93. The van der Waals surface area contributed by atoms with Crippen LogP contribution in [0, 0.1) is 28.6 Å². The van der Waals surface area contributed by atoms with Gasteiger partial charge in [0.2, 0.25) is 6.61 Å². The molecule has 0 radical (unpaired) electrons. The van der Waals surface area contributed by atoms with Gasteiger partial charge in [0.25, 0.3) is 0 Å². The SMILES string of the molecule is C[C@]12C=C/C(=N\OCC(=O)O)C=C1CC[C@H]1[C@H]2CC[C@@]2(C)[C@H]1CC[C@]2(C)O. The van der Waals surface area contributed by atoms with Crippen molar-refractivity contribution in [3.8, 4) is 0 Å². The van der Waals surface area contributed by atoms with Gasteiger partial charge in [-0.05, 0) is 80.8 Å². The molecule has 4 aliphatic carbocycles. The van der Waals surface area contributed by atoms with Gasteiger partial charge in [0, 0.05) is 5.41 Å². The molecule has 0 bridgehead atoms. The van der Waals surface area contributed by atoms with Crippen LogP contribution in [-0.4, -0.2) is 34.1 Å². The minimum Gasteiger partial charge on any atom is -0.479 e. The highest BCUT2D eigenvalue weighted by Gasteiger charge is 2.61. The van der Waals surface area contributed by atoms with Crippen LogP contribution >= 0.6 is 0 Å². The lowest BCUT2D eigenvalue weighted by molar-refractivity contribution is -0.142. The molecule has 27 heavy (non-hydrogen) atoms. The van der Waals surface area contributed by atoms with Crippen LogP contribution in [0.2, 0.25) is 0 Å². The third-order valence-electron chi connectivity index (χ3n) is 8.49. The zero-order valence-corrected chi connectivity index (χ0v) is 16.6. The lowest BCUT2D eigenvalue weighted by atomic mass is 9.47. The quantitative estimate of drug-likeness (QED) is 0.735. The number of carboxylic acids is 1. The summed E-state index contributed by atoms with van der Waals surface area (Å²) in [4.78, 5) is 15.5. The van der Waals surface area contributed by atoms with E-state index >= 15 is 0 Å².